The number of hydrogen-bond donors (Lipinski definition) is 0. The molecule has 8 aromatic carbocycles. The van der Waals surface area contributed by atoms with Crippen molar-refractivity contribution in [1.29, 1.82) is 0 Å². The first-order valence-electron chi connectivity index (χ1n) is 31.3. The molecule has 2 heterocycles. The second kappa shape index (κ2) is 29.8. The average Bonchev–Trinajstić information content (AvgIpc) is 2.55. The monoisotopic (exact) mass is 1190 g/mol. The van der Waals surface area contributed by atoms with Crippen LogP contribution in [0.4, 0.5) is 0 Å². The quantitative estimate of drug-likeness (QED) is 0.0535. The van der Waals surface area contributed by atoms with Crippen LogP contribution in [-0.2, 0) is 18.9 Å². The first-order chi connectivity index (χ1) is 41.2. The fourth-order valence-electron chi connectivity index (χ4n) is 14.3. The summed E-state index contributed by atoms with van der Waals surface area (Å²) in [5.41, 5.74) is 1.44. The van der Waals surface area contributed by atoms with Crippen molar-refractivity contribution in [2.24, 2.45) is 22.7 Å². The van der Waals surface area contributed by atoms with Gasteiger partial charge in [0.25, 0.3) is 0 Å². The normalized spacial score (nSPS) is 20.0. The molecule has 0 radical (unpaired) electrons. The second-order valence-corrected chi connectivity index (χ2v) is 34.6. The zero-order valence-electron chi connectivity index (χ0n) is 50.0. The second-order valence-electron chi connectivity index (χ2n) is 24.7. The lowest BCUT2D eigenvalue weighted by Gasteiger charge is -2.48. The maximum Gasteiger partial charge on any atom is 0.157 e. The van der Waals surface area contributed by atoms with Crippen LogP contribution in [0.1, 0.15) is 91.9 Å². The van der Waals surface area contributed by atoms with Gasteiger partial charge in [0.1, 0.15) is 0 Å². The Morgan fingerprint density at radius 2 is 0.690 bits per heavy atom. The highest BCUT2D eigenvalue weighted by Crippen LogP contribution is 2.64. The molecule has 11 rings (SSSR count). The lowest BCUT2D eigenvalue weighted by Crippen LogP contribution is -2.41. The fraction of sp³-hybridized carbons (Fsp3) is 0.368. The minimum atomic E-state index is -0.841. The van der Waals surface area contributed by atoms with Gasteiger partial charge in [-0.3, -0.25) is 0 Å². The SMILES string of the molecule is CC(C(CC(CC(C)(CCC1OCCCO1)C1CC(P(c2ccccc2)c2ccccc2)C(P(c2ccccc2)c2ccccc2)C1)C(C)(C)CCC1OCCCO1)P(c1ccccc1)c1ccccc1)P(c1ccccc1)c1ccccc1. The van der Waals surface area contributed by atoms with Gasteiger partial charge in [-0.25, -0.2) is 0 Å². The van der Waals surface area contributed by atoms with Gasteiger partial charge in [-0.2, -0.15) is 0 Å². The van der Waals surface area contributed by atoms with Crippen LogP contribution in [0, 0.1) is 22.7 Å². The van der Waals surface area contributed by atoms with Crippen LogP contribution in [0.15, 0.2) is 243 Å². The molecule has 1 aliphatic carbocycles. The minimum absolute atomic E-state index is 0.0701. The smallest absolute Gasteiger partial charge is 0.157 e. The van der Waals surface area contributed by atoms with E-state index in [-0.39, 0.29) is 23.4 Å². The molecule has 0 amide bonds. The molecule has 8 aromatic rings. The first kappa shape index (κ1) is 61.0. The van der Waals surface area contributed by atoms with Crippen LogP contribution in [0.25, 0.3) is 0 Å². The predicted octanol–water partition coefficient (Wildman–Crippen LogP) is 15.9. The van der Waals surface area contributed by atoms with Crippen LogP contribution in [0.2, 0.25) is 0 Å². The molecule has 0 aromatic heterocycles. The third kappa shape index (κ3) is 15.2. The molecule has 4 nitrogen and oxygen atoms in total. The molecule has 84 heavy (non-hydrogen) atoms. The molecule has 1 saturated carbocycles. The summed E-state index contributed by atoms with van der Waals surface area (Å²) in [5, 5.41) is 11.8. The van der Waals surface area contributed by atoms with Crippen molar-refractivity contribution >= 4 is 74.1 Å². The van der Waals surface area contributed by atoms with Gasteiger partial charge in [-0.1, -0.05) is 270 Å². The Balaban J connectivity index is 1.08. The van der Waals surface area contributed by atoms with E-state index >= 15 is 0 Å². The van der Waals surface area contributed by atoms with E-state index in [0.717, 1.165) is 77.8 Å². The summed E-state index contributed by atoms with van der Waals surface area (Å²) in [6.45, 7) is 13.7. The number of benzene rings is 8. The van der Waals surface area contributed by atoms with Crippen molar-refractivity contribution in [3.05, 3.63) is 243 Å². The zero-order chi connectivity index (χ0) is 57.6. The Bertz CT molecular complexity index is 2900. The Kier molecular flexibility index (Phi) is 21.6. The molecule has 3 fully saturated rings. The van der Waals surface area contributed by atoms with E-state index in [1.54, 1.807) is 0 Å². The zero-order valence-corrected chi connectivity index (χ0v) is 53.6. The molecule has 0 bridgehead atoms. The first-order valence-corrected chi connectivity index (χ1v) is 36.9. The van der Waals surface area contributed by atoms with Crippen molar-refractivity contribution in [2.75, 3.05) is 26.4 Å². The highest BCUT2D eigenvalue weighted by atomic mass is 31.1. The fourth-order valence-corrected chi connectivity index (χ4v) is 27.5. The highest BCUT2D eigenvalue weighted by molar-refractivity contribution is 7.78. The van der Waals surface area contributed by atoms with E-state index in [2.05, 4.69) is 270 Å². The summed E-state index contributed by atoms with van der Waals surface area (Å²) in [5.74, 6) is 0.792. The van der Waals surface area contributed by atoms with E-state index in [9.17, 15) is 0 Å². The Labute approximate surface area is 508 Å². The number of ether oxygens (including phenoxy) is 4. The van der Waals surface area contributed by atoms with Gasteiger partial charge in [0.15, 0.2) is 12.6 Å². The van der Waals surface area contributed by atoms with Crippen LogP contribution in [0.5, 0.6) is 0 Å². The third-order valence-electron chi connectivity index (χ3n) is 18.8. The van der Waals surface area contributed by atoms with E-state index in [1.807, 2.05) is 0 Å². The van der Waals surface area contributed by atoms with Gasteiger partial charge < -0.3 is 18.9 Å². The molecule has 6 unspecified atom stereocenters. The van der Waals surface area contributed by atoms with Crippen molar-refractivity contribution < 1.29 is 18.9 Å². The van der Waals surface area contributed by atoms with E-state index in [1.165, 1.54) is 55.3 Å². The number of hydrogen-bond acceptors (Lipinski definition) is 4. The van der Waals surface area contributed by atoms with Crippen molar-refractivity contribution in [1.82, 2.24) is 0 Å². The van der Waals surface area contributed by atoms with Crippen LogP contribution >= 0.6 is 31.7 Å². The van der Waals surface area contributed by atoms with Crippen molar-refractivity contribution in [2.45, 2.75) is 127 Å². The maximum absolute atomic E-state index is 6.56. The largest absolute Gasteiger partial charge is 0.353 e. The van der Waals surface area contributed by atoms with E-state index in [4.69, 9.17) is 18.9 Å². The summed E-state index contributed by atoms with van der Waals surface area (Å²) >= 11 is 0. The van der Waals surface area contributed by atoms with Crippen LogP contribution in [-0.4, -0.2) is 61.6 Å². The van der Waals surface area contributed by atoms with Gasteiger partial charge in [0.2, 0.25) is 0 Å². The van der Waals surface area contributed by atoms with Crippen LogP contribution < -0.4 is 42.4 Å². The number of rotatable bonds is 25. The summed E-state index contributed by atoms with van der Waals surface area (Å²) in [4.78, 5) is 0. The summed E-state index contributed by atoms with van der Waals surface area (Å²) in [6.07, 6.45) is 9.95. The molecule has 436 valence electrons. The lowest BCUT2D eigenvalue weighted by molar-refractivity contribution is -0.186. The van der Waals surface area contributed by atoms with Gasteiger partial charge in [0.05, 0.1) is 26.4 Å². The van der Waals surface area contributed by atoms with Crippen molar-refractivity contribution in [3.8, 4) is 0 Å². The lowest BCUT2D eigenvalue weighted by atomic mass is 9.61. The Hall–Kier alpha value is -4.68. The topological polar surface area (TPSA) is 36.9 Å². The summed E-state index contributed by atoms with van der Waals surface area (Å²) in [6, 6.07) is 93.2. The summed E-state index contributed by atoms with van der Waals surface area (Å²) < 4.78 is 26.0. The molecule has 2 saturated heterocycles. The van der Waals surface area contributed by atoms with Crippen molar-refractivity contribution in [3.63, 3.8) is 0 Å². The van der Waals surface area contributed by atoms with Gasteiger partial charge >= 0.3 is 0 Å². The molecule has 3 aliphatic rings. The average molecular weight is 1190 g/mol. The highest BCUT2D eigenvalue weighted by Gasteiger charge is 2.52. The molecule has 2 aliphatic heterocycles. The molecule has 6 atom stereocenters. The molecule has 8 heteroatoms. The summed E-state index contributed by atoms with van der Waals surface area (Å²) in [7, 11) is -3.11. The van der Waals surface area contributed by atoms with Crippen LogP contribution in [0.3, 0.4) is 0 Å². The van der Waals surface area contributed by atoms with Gasteiger partial charge in [-0.05, 0) is 184 Å². The Morgan fingerprint density at radius 1 is 0.393 bits per heavy atom. The molecule has 0 spiro atoms. The predicted molar refractivity (Wildman–Crippen MR) is 364 cm³/mol. The minimum Gasteiger partial charge on any atom is -0.353 e. The molecule has 0 N–H and O–H groups in total. The molecular formula is C76H88O4P4. The van der Waals surface area contributed by atoms with Gasteiger partial charge in [-0.15, -0.1) is 0 Å². The molecular weight excluding hydrogens is 1100 g/mol. The standard InChI is InChI=1S/C76H88O4P4/c1-59(81(62-31-13-5-14-32-62)63-33-15-6-16-34-63)70(82(64-35-17-7-18-36-64)65-37-19-8-20-38-65)57-61(75(2,3)49-47-73-77-51-29-52-78-73)58-76(4,50-48-74-79-53-30-54-80-74)60-55-71(83(66-39-21-9-22-40-66)67-41-23-10-24-42-67)72(56-60)84(68-43-25-11-26-44-68)69-45-27-12-28-46-69/h5-28,31-46,59-61,70-74H,29-30,47-58H2,1-4H3. The van der Waals surface area contributed by atoms with Gasteiger partial charge in [0, 0.05) is 0 Å². The Morgan fingerprint density at radius 3 is 1.02 bits per heavy atom. The third-order valence-corrected chi connectivity index (χ3v) is 31.1. The van der Waals surface area contributed by atoms with E-state index < -0.39 is 31.7 Å². The van der Waals surface area contributed by atoms with E-state index in [0.29, 0.717) is 34.5 Å². The maximum atomic E-state index is 6.56.